The number of ether oxygens (including phenoxy) is 1. The summed E-state index contributed by atoms with van der Waals surface area (Å²) >= 11 is 0. The summed E-state index contributed by atoms with van der Waals surface area (Å²) in [5.74, 6) is -8.48. The minimum Gasteiger partial charge on any atom is -0.468 e. The third-order valence-corrected chi connectivity index (χ3v) is 13.8. The molecule has 0 saturated heterocycles. The Morgan fingerprint density at radius 2 is 0.975 bits per heavy atom. The van der Waals surface area contributed by atoms with Crippen molar-refractivity contribution in [1.82, 2.24) is 45.8 Å². The van der Waals surface area contributed by atoms with Gasteiger partial charge in [0, 0.05) is 35.2 Å². The van der Waals surface area contributed by atoms with E-state index in [2.05, 4.69) is 26.0 Å². The van der Waals surface area contributed by atoms with E-state index >= 15 is 0 Å². The molecule has 23 heteroatoms. The second-order valence-corrected chi connectivity index (χ2v) is 23.4. The van der Waals surface area contributed by atoms with Crippen LogP contribution in [0.15, 0.2) is 12.2 Å². The number of allylic oxidation sites excluding steroid dienone is 2. The second kappa shape index (κ2) is 34.5. The average Bonchev–Trinajstić information content (AvgIpc) is 3.35. The van der Waals surface area contributed by atoms with Gasteiger partial charge in [0.25, 0.3) is 0 Å². The molecule has 0 aromatic rings. The average molecular weight is 1120 g/mol. The van der Waals surface area contributed by atoms with Crippen LogP contribution in [0.4, 0.5) is 0 Å². The first-order chi connectivity index (χ1) is 36.4. The van der Waals surface area contributed by atoms with E-state index in [1.54, 1.807) is 39.8 Å². The van der Waals surface area contributed by atoms with Crippen molar-refractivity contribution in [1.29, 1.82) is 0 Å². The Bertz CT molecular complexity index is 2070. The van der Waals surface area contributed by atoms with Crippen molar-refractivity contribution in [2.24, 2.45) is 41.2 Å². The lowest BCUT2D eigenvalue weighted by molar-refractivity contribution is -0.155. The summed E-state index contributed by atoms with van der Waals surface area (Å²) in [6, 6.07) is -11.0. The number of nitrogens with zero attached hydrogens (tertiary/aromatic N) is 5. The highest BCUT2D eigenvalue weighted by molar-refractivity contribution is 5.98. The van der Waals surface area contributed by atoms with Crippen molar-refractivity contribution in [3.8, 4) is 0 Å². The Balaban J connectivity index is 6.88. The lowest BCUT2D eigenvalue weighted by Crippen LogP contribution is -2.64. The van der Waals surface area contributed by atoms with Crippen LogP contribution in [0.25, 0.3) is 0 Å². The first kappa shape index (κ1) is 73.3. The highest BCUT2D eigenvalue weighted by atomic mass is 16.5. The molecule has 0 radical (unpaired) electrons. The van der Waals surface area contributed by atoms with E-state index in [0.717, 1.165) is 16.9 Å². The summed E-state index contributed by atoms with van der Waals surface area (Å²) in [6.07, 6.45) is 1.74. The topological polar surface area (TPSA) is 311 Å². The van der Waals surface area contributed by atoms with Gasteiger partial charge in [0.2, 0.25) is 53.2 Å². The van der Waals surface area contributed by atoms with Gasteiger partial charge in [0.1, 0.15) is 54.9 Å². The molecule has 8 N–H and O–H groups in total. The van der Waals surface area contributed by atoms with E-state index in [-0.39, 0.29) is 42.9 Å². The van der Waals surface area contributed by atoms with Gasteiger partial charge in [-0.25, -0.2) is 0 Å². The van der Waals surface area contributed by atoms with Crippen molar-refractivity contribution in [2.45, 2.75) is 203 Å². The van der Waals surface area contributed by atoms with Crippen LogP contribution in [0.1, 0.15) is 136 Å². The van der Waals surface area contributed by atoms with Crippen molar-refractivity contribution in [3.63, 3.8) is 0 Å². The molecule has 0 aromatic heterocycles. The second-order valence-electron chi connectivity index (χ2n) is 23.4. The molecule has 79 heavy (non-hydrogen) atoms. The third-order valence-electron chi connectivity index (χ3n) is 13.8. The maximum absolute atomic E-state index is 14.9. The quantitative estimate of drug-likeness (QED) is 0.0361. The van der Waals surface area contributed by atoms with Gasteiger partial charge in [-0.05, 0) is 95.3 Å². The first-order valence-corrected chi connectivity index (χ1v) is 27.7. The summed E-state index contributed by atoms with van der Waals surface area (Å²) in [7, 11) is 7.99. The van der Waals surface area contributed by atoms with Gasteiger partial charge in [-0.1, -0.05) is 88.3 Å². The first-order valence-electron chi connectivity index (χ1n) is 27.7. The molecular weight excluding hydrogens is 1020 g/mol. The number of hydrogen-bond donors (Lipinski definition) is 7. The molecule has 0 heterocycles. The van der Waals surface area contributed by atoms with Crippen molar-refractivity contribution in [3.05, 3.63) is 12.2 Å². The van der Waals surface area contributed by atoms with Crippen molar-refractivity contribution in [2.75, 3.05) is 48.9 Å². The van der Waals surface area contributed by atoms with Crippen LogP contribution in [0.3, 0.4) is 0 Å². The number of aliphatic hydroxyl groups excluding tert-OH is 2. The van der Waals surface area contributed by atoms with Crippen LogP contribution in [0.2, 0.25) is 0 Å². The summed E-state index contributed by atoms with van der Waals surface area (Å²) in [5.41, 5.74) is 6.18. The van der Waals surface area contributed by atoms with Gasteiger partial charge in [0.05, 0.1) is 25.4 Å². The van der Waals surface area contributed by atoms with Crippen LogP contribution >= 0.6 is 0 Å². The van der Waals surface area contributed by atoms with Gasteiger partial charge in [0.15, 0.2) is 0 Å². The minimum atomic E-state index is -1.67. The Kier molecular flexibility index (Phi) is 32.0. The van der Waals surface area contributed by atoms with Gasteiger partial charge in [-0.3, -0.25) is 47.9 Å². The lowest BCUT2D eigenvalue weighted by atomic mass is 9.91. The standard InChI is InChI=1S/C56H102N10O13/c1-22-23-24-35(12)47(69)46(51(73)61-44(38(15)67)55(77)62(16)29-43(68)79-21)66(20)56(78)45(34(10)11)65(19)54(76)40(26-31(4)5)60-50(72)42(28-33(8)9)63(17)52(74)37(14)59-48(70)36(13)58-49(71)41(27-32(6)7)64(18)53(75)39(57)25-30(2)3/h22-23,30-42,44-47,67,69H,24-29,57H2,1-21H3,(H,58,71)(H,59,70)(H,60,72)(H,61,73)/b23-22+. The Morgan fingerprint density at radius 1 is 0.519 bits per heavy atom. The van der Waals surface area contributed by atoms with Crippen LogP contribution in [0, 0.1) is 35.5 Å². The van der Waals surface area contributed by atoms with Gasteiger partial charge in [-0.15, -0.1) is 0 Å². The smallest absolute Gasteiger partial charge is 0.325 e. The monoisotopic (exact) mass is 1120 g/mol. The molecule has 0 rings (SSSR count). The molecule has 23 nitrogen and oxygen atoms in total. The minimum absolute atomic E-state index is 0.00501. The number of methoxy groups -OCH3 is 1. The summed E-state index contributed by atoms with van der Waals surface area (Å²) in [5, 5.41) is 33.2. The highest BCUT2D eigenvalue weighted by Crippen LogP contribution is 2.23. The van der Waals surface area contributed by atoms with Gasteiger partial charge >= 0.3 is 5.97 Å². The zero-order valence-corrected chi connectivity index (χ0v) is 51.4. The Labute approximate surface area is 471 Å². The predicted octanol–water partition coefficient (Wildman–Crippen LogP) is 1.42. The molecule has 0 saturated carbocycles. The van der Waals surface area contributed by atoms with Crippen LogP contribution < -0.4 is 27.0 Å². The fourth-order valence-electron chi connectivity index (χ4n) is 9.18. The number of carbonyl (C=O) groups excluding carboxylic acids is 10. The number of aliphatic hydroxyl groups is 2. The molecule has 454 valence electrons. The Hall–Kier alpha value is -5.68. The number of rotatable bonds is 33. The summed E-state index contributed by atoms with van der Waals surface area (Å²) < 4.78 is 4.65. The van der Waals surface area contributed by atoms with E-state index in [1.165, 1.54) is 70.7 Å². The summed E-state index contributed by atoms with van der Waals surface area (Å²) in [6.45, 7) is 25.5. The largest absolute Gasteiger partial charge is 0.468 e. The van der Waals surface area contributed by atoms with E-state index in [0.29, 0.717) is 12.8 Å². The maximum atomic E-state index is 14.9. The molecule has 12 atom stereocenters. The molecule has 0 spiro atoms. The van der Waals surface area contributed by atoms with Crippen molar-refractivity contribution < 1.29 is 62.9 Å². The number of amides is 9. The highest BCUT2D eigenvalue weighted by Gasteiger charge is 2.44. The molecule has 0 aliphatic rings. The van der Waals surface area contributed by atoms with Crippen LogP contribution in [-0.2, 0) is 52.7 Å². The van der Waals surface area contributed by atoms with Crippen LogP contribution in [0.5, 0.6) is 0 Å². The van der Waals surface area contributed by atoms with Gasteiger partial charge < -0.3 is 66.5 Å². The zero-order chi connectivity index (χ0) is 61.7. The Morgan fingerprint density at radius 3 is 1.42 bits per heavy atom. The van der Waals surface area contributed by atoms with Crippen LogP contribution in [-0.4, -0.2) is 209 Å². The van der Waals surface area contributed by atoms with E-state index in [9.17, 15) is 58.2 Å². The zero-order valence-electron chi connectivity index (χ0n) is 51.4. The fraction of sp³-hybridized carbons (Fsp3) is 0.786. The number of nitrogens with two attached hydrogens (primary N) is 1. The third kappa shape index (κ3) is 23.1. The van der Waals surface area contributed by atoms with Crippen molar-refractivity contribution >= 4 is 59.1 Å². The normalized spacial score (nSPS) is 16.3. The number of likely N-dealkylation sites (N-methyl/N-ethyl adjacent to an activating group) is 5. The molecule has 0 aliphatic heterocycles. The predicted molar refractivity (Wildman–Crippen MR) is 302 cm³/mol. The molecule has 0 fully saturated rings. The molecular formula is C56H102N10O13. The molecule has 12 unspecified atom stereocenters. The summed E-state index contributed by atoms with van der Waals surface area (Å²) in [4.78, 5) is 144. The molecule has 9 amide bonds. The van der Waals surface area contributed by atoms with E-state index in [1.807, 2.05) is 55.4 Å². The van der Waals surface area contributed by atoms with E-state index in [4.69, 9.17) is 5.73 Å². The number of nitrogens with one attached hydrogen (secondary N) is 4. The fourth-order valence-corrected chi connectivity index (χ4v) is 9.18. The number of carbonyl (C=O) groups is 10. The number of hydrogen-bond acceptors (Lipinski definition) is 14. The molecule has 0 bridgehead atoms. The van der Waals surface area contributed by atoms with Gasteiger partial charge in [-0.2, -0.15) is 0 Å². The number of esters is 1. The maximum Gasteiger partial charge on any atom is 0.325 e. The lowest BCUT2D eigenvalue weighted by Gasteiger charge is -2.40. The van der Waals surface area contributed by atoms with E-state index < -0.39 is 144 Å². The molecule has 0 aromatic carbocycles. The SMILES string of the molecule is C/C=C/CC(C)C(O)C(C(=O)NC(C(=O)N(C)CC(=O)OC)C(C)O)N(C)C(=O)C(C(C)C)N(C)C(=O)C(CC(C)C)NC(=O)C(CC(C)C)N(C)C(=O)C(C)NC(=O)C(C)NC(=O)C(CC(C)C)N(C)C(=O)C(N)CC(C)C. The molecule has 0 aliphatic carbocycles.